The highest BCUT2D eigenvalue weighted by Crippen LogP contribution is 2.34. The van der Waals surface area contributed by atoms with Gasteiger partial charge in [-0.05, 0) is 73.6 Å². The molecule has 1 aromatic heterocycles. The van der Waals surface area contributed by atoms with Gasteiger partial charge in [0.15, 0.2) is 0 Å². The van der Waals surface area contributed by atoms with Crippen LogP contribution in [0.5, 0.6) is 5.75 Å². The molecule has 2 aliphatic heterocycles. The number of pyridine rings is 1. The van der Waals surface area contributed by atoms with Crippen LogP contribution in [0.1, 0.15) is 40.7 Å². The second-order valence-electron chi connectivity index (χ2n) is 10.9. The van der Waals surface area contributed by atoms with E-state index in [-0.39, 0.29) is 30.6 Å². The summed E-state index contributed by atoms with van der Waals surface area (Å²) in [6.45, 7) is 4.52. The fourth-order valence-corrected chi connectivity index (χ4v) is 7.97. The van der Waals surface area contributed by atoms with Crippen LogP contribution in [-0.4, -0.2) is 73.1 Å². The molecule has 10 heteroatoms. The Balaban J connectivity index is 1.28. The first-order chi connectivity index (χ1) is 19.6. The zero-order chi connectivity index (χ0) is 29.2. The van der Waals surface area contributed by atoms with E-state index in [4.69, 9.17) is 9.47 Å². The number of aliphatic hydroxyl groups is 1. The third-order valence-corrected chi connectivity index (χ3v) is 10.4. The molecule has 1 fully saturated rings. The number of benzene rings is 2. The van der Waals surface area contributed by atoms with Crippen LogP contribution < -0.4 is 4.74 Å². The predicted octanol–water partition coefficient (Wildman–Crippen LogP) is 3.35. The molecule has 0 unspecified atom stereocenters. The molecule has 0 bridgehead atoms. The van der Waals surface area contributed by atoms with Crippen molar-refractivity contribution in [2.75, 3.05) is 33.4 Å². The molecule has 9 nitrogen and oxygen atoms in total. The molecular weight excluding hydrogens is 542 g/mol. The Morgan fingerprint density at radius 2 is 1.76 bits per heavy atom. The van der Waals surface area contributed by atoms with E-state index < -0.39 is 21.7 Å². The van der Waals surface area contributed by atoms with Crippen molar-refractivity contribution in [3.05, 3.63) is 88.7 Å². The largest absolute Gasteiger partial charge is 0.497 e. The number of aromatic nitrogens is 1. The van der Waals surface area contributed by atoms with Crippen molar-refractivity contribution >= 4 is 15.9 Å². The number of fused-ring (bicyclic) bond motifs is 1. The first-order valence-electron chi connectivity index (χ1n) is 13.8. The molecule has 0 spiro atoms. The van der Waals surface area contributed by atoms with Gasteiger partial charge in [0.25, 0.3) is 0 Å². The van der Waals surface area contributed by atoms with E-state index >= 15 is 0 Å². The molecule has 0 aliphatic carbocycles. The summed E-state index contributed by atoms with van der Waals surface area (Å²) in [5.74, 6) is 0.434. The maximum absolute atomic E-state index is 14.1. The molecule has 1 N–H and O–H groups in total. The Morgan fingerprint density at radius 1 is 1.07 bits per heavy atom. The monoisotopic (exact) mass is 579 g/mol. The minimum Gasteiger partial charge on any atom is -0.497 e. The van der Waals surface area contributed by atoms with Gasteiger partial charge in [0.05, 0.1) is 30.3 Å². The molecular formula is C31H37N3O6S. The minimum atomic E-state index is -3.88. The number of nitrogens with zero attached hydrogens (tertiary/aromatic N) is 3. The third-order valence-electron chi connectivity index (χ3n) is 8.22. The number of hydrogen-bond donors (Lipinski definition) is 1. The van der Waals surface area contributed by atoms with Crippen molar-refractivity contribution in [2.24, 2.45) is 0 Å². The Labute approximate surface area is 241 Å². The highest BCUT2D eigenvalue weighted by atomic mass is 32.2. The molecule has 1 saturated heterocycles. The summed E-state index contributed by atoms with van der Waals surface area (Å²) in [5.41, 5.74) is 3.02. The summed E-state index contributed by atoms with van der Waals surface area (Å²) < 4.78 is 40.9. The summed E-state index contributed by atoms with van der Waals surface area (Å²) in [6, 6.07) is 14.5. The quantitative estimate of drug-likeness (QED) is 0.436. The molecule has 41 heavy (non-hydrogen) atoms. The van der Waals surface area contributed by atoms with Gasteiger partial charge in [-0.3, -0.25) is 9.78 Å². The van der Waals surface area contributed by atoms with Crippen LogP contribution in [0.2, 0.25) is 0 Å². The summed E-state index contributed by atoms with van der Waals surface area (Å²) in [5, 5.41) is 11.1. The number of amides is 1. The molecule has 1 atom stereocenters. The lowest BCUT2D eigenvalue weighted by atomic mass is 9.85. The number of ether oxygens (including phenoxy) is 2. The Kier molecular flexibility index (Phi) is 8.47. The lowest BCUT2D eigenvalue weighted by molar-refractivity contribution is -0.141. The van der Waals surface area contributed by atoms with Crippen molar-refractivity contribution in [2.45, 2.75) is 56.2 Å². The first kappa shape index (κ1) is 29.2. The van der Waals surface area contributed by atoms with E-state index in [1.807, 2.05) is 30.3 Å². The maximum Gasteiger partial charge on any atom is 0.248 e. The number of carbonyl (C=O) groups is 1. The Morgan fingerprint density at radius 3 is 2.39 bits per heavy atom. The van der Waals surface area contributed by atoms with E-state index in [1.54, 1.807) is 56.4 Å². The van der Waals surface area contributed by atoms with Gasteiger partial charge in [0.1, 0.15) is 12.4 Å². The SMILES string of the molecule is COc1cc(C)c(S(=O)(=O)N2Cc3ccccc3C[C@H]2COCC(=O)N2CCC(O)(c3cccnc3)CC2)c(C)c1. The smallest absolute Gasteiger partial charge is 0.248 e. The molecule has 5 rings (SSSR count). The average molecular weight is 580 g/mol. The fraction of sp³-hybridized carbons (Fsp3) is 0.419. The van der Waals surface area contributed by atoms with Gasteiger partial charge in [-0.2, -0.15) is 4.31 Å². The van der Waals surface area contributed by atoms with E-state index in [9.17, 15) is 18.3 Å². The van der Waals surface area contributed by atoms with Gasteiger partial charge in [-0.15, -0.1) is 0 Å². The van der Waals surface area contributed by atoms with E-state index in [0.29, 0.717) is 49.2 Å². The van der Waals surface area contributed by atoms with Gasteiger partial charge in [0.2, 0.25) is 15.9 Å². The van der Waals surface area contributed by atoms with Gasteiger partial charge in [-0.25, -0.2) is 8.42 Å². The average Bonchev–Trinajstić information content (AvgIpc) is 2.97. The molecule has 3 aromatic rings. The fourth-order valence-electron chi connectivity index (χ4n) is 5.97. The van der Waals surface area contributed by atoms with Crippen LogP contribution in [-0.2, 0) is 38.1 Å². The van der Waals surface area contributed by atoms with Crippen molar-refractivity contribution in [3.63, 3.8) is 0 Å². The lowest BCUT2D eigenvalue weighted by Gasteiger charge is -2.38. The molecule has 2 aromatic carbocycles. The zero-order valence-corrected chi connectivity index (χ0v) is 24.6. The number of methoxy groups -OCH3 is 1. The number of rotatable bonds is 8. The van der Waals surface area contributed by atoms with Crippen LogP contribution in [0.15, 0.2) is 65.8 Å². The number of carbonyl (C=O) groups excluding carboxylic acids is 1. The summed E-state index contributed by atoms with van der Waals surface area (Å²) in [7, 11) is -2.32. The summed E-state index contributed by atoms with van der Waals surface area (Å²) in [4.78, 5) is 19.1. The molecule has 1 amide bonds. The highest BCUT2D eigenvalue weighted by molar-refractivity contribution is 7.89. The van der Waals surface area contributed by atoms with Gasteiger partial charge in [0, 0.05) is 37.6 Å². The number of piperidine rings is 1. The van der Waals surface area contributed by atoms with Gasteiger partial charge < -0.3 is 19.5 Å². The van der Waals surface area contributed by atoms with Crippen molar-refractivity contribution in [1.29, 1.82) is 0 Å². The second-order valence-corrected chi connectivity index (χ2v) is 12.8. The van der Waals surface area contributed by atoms with Crippen LogP contribution in [0.4, 0.5) is 0 Å². The zero-order valence-electron chi connectivity index (χ0n) is 23.7. The highest BCUT2D eigenvalue weighted by Gasteiger charge is 2.38. The lowest BCUT2D eigenvalue weighted by Crippen LogP contribution is -2.48. The summed E-state index contributed by atoms with van der Waals surface area (Å²) >= 11 is 0. The topological polar surface area (TPSA) is 109 Å². The maximum atomic E-state index is 14.1. The van der Waals surface area contributed by atoms with Crippen LogP contribution >= 0.6 is 0 Å². The number of hydrogen-bond acceptors (Lipinski definition) is 7. The number of likely N-dealkylation sites (tertiary alicyclic amines) is 1. The van der Waals surface area contributed by atoms with Crippen molar-refractivity contribution in [3.8, 4) is 5.75 Å². The van der Waals surface area contributed by atoms with Gasteiger partial charge in [-0.1, -0.05) is 30.3 Å². The molecule has 218 valence electrons. The molecule has 0 saturated carbocycles. The number of aryl methyl sites for hydroxylation is 2. The predicted molar refractivity (Wildman–Crippen MR) is 154 cm³/mol. The number of sulfonamides is 1. The Bertz CT molecular complexity index is 1480. The molecule has 0 radical (unpaired) electrons. The molecule has 2 aliphatic rings. The van der Waals surface area contributed by atoms with E-state index in [2.05, 4.69) is 4.98 Å². The van der Waals surface area contributed by atoms with Crippen LogP contribution in [0.25, 0.3) is 0 Å². The third kappa shape index (κ3) is 6.01. The summed E-state index contributed by atoms with van der Waals surface area (Å²) in [6.07, 6.45) is 4.64. The van der Waals surface area contributed by atoms with E-state index in [1.165, 1.54) is 4.31 Å². The van der Waals surface area contributed by atoms with Crippen LogP contribution in [0.3, 0.4) is 0 Å². The van der Waals surface area contributed by atoms with Crippen molar-refractivity contribution < 1.29 is 27.8 Å². The van der Waals surface area contributed by atoms with Crippen LogP contribution in [0, 0.1) is 13.8 Å². The van der Waals surface area contributed by atoms with E-state index in [0.717, 1.165) is 16.7 Å². The Hall–Kier alpha value is -3.31. The standard InChI is InChI=1S/C31H37N3O6S/c1-22-15-28(39-3)16-23(2)30(22)41(37,38)34-19-25-8-5-4-7-24(25)17-27(34)20-40-21-29(35)33-13-10-31(36,11-14-33)26-9-6-12-32-18-26/h4-9,12,15-16,18,27,36H,10-11,13-14,17,19-21H2,1-3H3/t27-/m0/s1. The minimum absolute atomic E-state index is 0.0843. The van der Waals surface area contributed by atoms with Gasteiger partial charge >= 0.3 is 0 Å². The molecule has 3 heterocycles. The first-order valence-corrected chi connectivity index (χ1v) is 15.3. The van der Waals surface area contributed by atoms with Crippen molar-refractivity contribution in [1.82, 2.24) is 14.2 Å². The second kappa shape index (κ2) is 11.9. The normalized spacial score (nSPS) is 19.0.